The van der Waals surface area contributed by atoms with E-state index in [2.05, 4.69) is 0 Å². The lowest BCUT2D eigenvalue weighted by molar-refractivity contribution is -0.139. The van der Waals surface area contributed by atoms with Crippen LogP contribution in [-0.2, 0) is 14.3 Å². The van der Waals surface area contributed by atoms with Crippen molar-refractivity contribution in [1.82, 2.24) is 9.80 Å². The van der Waals surface area contributed by atoms with E-state index < -0.39 is 5.97 Å². The summed E-state index contributed by atoms with van der Waals surface area (Å²) in [6, 6.07) is 5.69. The SMILES string of the molecule is Cc1ccc(OCC(=O)N2C[C@@H]3COC[C@H](C2)N(CC(=O)O)C3)cc1C. The van der Waals surface area contributed by atoms with Crippen LogP contribution in [0.25, 0.3) is 0 Å². The van der Waals surface area contributed by atoms with Gasteiger partial charge < -0.3 is 19.5 Å². The number of aliphatic carboxylic acids is 1. The second-order valence-electron chi connectivity index (χ2n) is 7.21. The molecule has 142 valence electrons. The highest BCUT2D eigenvalue weighted by Crippen LogP contribution is 2.20. The van der Waals surface area contributed by atoms with Gasteiger partial charge in [0.2, 0.25) is 0 Å². The Morgan fingerprint density at radius 3 is 2.73 bits per heavy atom. The number of benzene rings is 1. The Balaban J connectivity index is 1.62. The lowest BCUT2D eigenvalue weighted by Crippen LogP contribution is -2.48. The van der Waals surface area contributed by atoms with E-state index in [-0.39, 0.29) is 31.0 Å². The number of hydrogen-bond donors (Lipinski definition) is 1. The van der Waals surface area contributed by atoms with Gasteiger partial charge in [0.15, 0.2) is 6.61 Å². The topological polar surface area (TPSA) is 79.3 Å². The fraction of sp³-hybridized carbons (Fsp3) is 0.579. The molecule has 1 amide bonds. The van der Waals surface area contributed by atoms with Gasteiger partial charge in [0.05, 0.1) is 25.8 Å². The van der Waals surface area contributed by atoms with E-state index in [1.165, 1.54) is 5.56 Å². The Morgan fingerprint density at radius 2 is 2.00 bits per heavy atom. The largest absolute Gasteiger partial charge is 0.484 e. The zero-order chi connectivity index (χ0) is 18.7. The van der Waals surface area contributed by atoms with Gasteiger partial charge in [0.1, 0.15) is 5.75 Å². The van der Waals surface area contributed by atoms with Gasteiger partial charge in [-0.3, -0.25) is 14.5 Å². The summed E-state index contributed by atoms with van der Waals surface area (Å²) in [5.74, 6) is -0.120. The zero-order valence-corrected chi connectivity index (χ0v) is 15.3. The molecule has 2 fully saturated rings. The van der Waals surface area contributed by atoms with Crippen LogP contribution >= 0.6 is 0 Å². The molecule has 0 spiro atoms. The van der Waals surface area contributed by atoms with Crippen molar-refractivity contribution >= 4 is 11.9 Å². The number of nitrogens with zero attached hydrogens (tertiary/aromatic N) is 2. The maximum Gasteiger partial charge on any atom is 0.317 e. The van der Waals surface area contributed by atoms with Crippen LogP contribution in [0, 0.1) is 19.8 Å². The van der Waals surface area contributed by atoms with E-state index in [0.29, 0.717) is 38.6 Å². The molecule has 1 aromatic rings. The summed E-state index contributed by atoms with van der Waals surface area (Å²) in [6.45, 7) is 6.69. The zero-order valence-electron chi connectivity index (χ0n) is 15.3. The number of aryl methyl sites for hydroxylation is 2. The third-order valence-corrected chi connectivity index (χ3v) is 5.11. The highest BCUT2D eigenvalue weighted by molar-refractivity contribution is 5.78. The molecule has 2 bridgehead atoms. The summed E-state index contributed by atoms with van der Waals surface area (Å²) in [5, 5.41) is 9.12. The Bertz CT molecular complexity index is 678. The van der Waals surface area contributed by atoms with Crippen molar-refractivity contribution in [2.45, 2.75) is 19.9 Å². The molecule has 2 atom stereocenters. The minimum absolute atomic E-state index is 0.0122. The average molecular weight is 362 g/mol. The molecule has 1 aromatic carbocycles. The number of ether oxygens (including phenoxy) is 2. The quantitative estimate of drug-likeness (QED) is 0.839. The van der Waals surface area contributed by atoms with E-state index in [0.717, 1.165) is 5.56 Å². The number of carboxylic acids is 1. The molecule has 0 saturated carbocycles. The first kappa shape index (κ1) is 18.7. The summed E-state index contributed by atoms with van der Waals surface area (Å²) in [4.78, 5) is 27.5. The number of rotatable bonds is 5. The molecule has 2 aliphatic heterocycles. The number of carbonyl (C=O) groups is 2. The molecule has 2 heterocycles. The summed E-state index contributed by atoms with van der Waals surface area (Å²) < 4.78 is 11.3. The Labute approximate surface area is 153 Å². The number of fused-ring (bicyclic) bond motifs is 3. The fourth-order valence-electron chi connectivity index (χ4n) is 3.54. The van der Waals surface area contributed by atoms with Crippen LogP contribution in [0.15, 0.2) is 18.2 Å². The molecule has 7 nitrogen and oxygen atoms in total. The van der Waals surface area contributed by atoms with E-state index in [1.54, 1.807) is 4.90 Å². The fourth-order valence-corrected chi connectivity index (χ4v) is 3.54. The van der Waals surface area contributed by atoms with Gasteiger partial charge in [0, 0.05) is 25.6 Å². The standard InChI is InChI=1S/C19H26N2O5/c1-13-3-4-17(5-14(13)2)26-12-18(22)21-7-15-6-20(9-19(23)24)16(8-21)11-25-10-15/h3-5,15-16H,6-12H2,1-2H3,(H,23,24)/t15-,16+/m1/s1. The van der Waals surface area contributed by atoms with Crippen LogP contribution < -0.4 is 4.74 Å². The normalized spacial score (nSPS) is 23.4. The number of amides is 1. The summed E-state index contributed by atoms with van der Waals surface area (Å²) in [5.41, 5.74) is 2.31. The maximum absolute atomic E-state index is 12.7. The smallest absolute Gasteiger partial charge is 0.317 e. The molecule has 0 unspecified atom stereocenters. The average Bonchev–Trinajstić information content (AvgIpc) is 2.85. The summed E-state index contributed by atoms with van der Waals surface area (Å²) in [7, 11) is 0. The Morgan fingerprint density at radius 1 is 1.19 bits per heavy atom. The van der Waals surface area contributed by atoms with Crippen molar-refractivity contribution < 1.29 is 24.2 Å². The molecular weight excluding hydrogens is 336 g/mol. The molecule has 2 aliphatic rings. The molecule has 3 rings (SSSR count). The van der Waals surface area contributed by atoms with Gasteiger partial charge in [-0.2, -0.15) is 0 Å². The molecule has 7 heteroatoms. The van der Waals surface area contributed by atoms with Gasteiger partial charge >= 0.3 is 5.97 Å². The molecule has 0 aromatic heterocycles. The second kappa shape index (κ2) is 8.05. The molecular formula is C19H26N2O5. The Kier molecular flexibility index (Phi) is 5.78. The minimum atomic E-state index is -0.853. The highest BCUT2D eigenvalue weighted by Gasteiger charge is 2.35. The monoisotopic (exact) mass is 362 g/mol. The van der Waals surface area contributed by atoms with Crippen molar-refractivity contribution in [2.75, 3.05) is 46.0 Å². The predicted octanol–water partition coefficient (Wildman–Crippen LogP) is 0.926. The van der Waals surface area contributed by atoms with E-state index in [9.17, 15) is 9.59 Å². The second-order valence-corrected chi connectivity index (χ2v) is 7.21. The maximum atomic E-state index is 12.7. The van der Waals surface area contributed by atoms with Gasteiger partial charge in [-0.15, -0.1) is 0 Å². The minimum Gasteiger partial charge on any atom is -0.484 e. The van der Waals surface area contributed by atoms with E-state index in [4.69, 9.17) is 14.6 Å². The number of carboxylic acid groups (broad SMARTS) is 1. The van der Waals surface area contributed by atoms with Crippen LogP contribution in [0.1, 0.15) is 11.1 Å². The van der Waals surface area contributed by atoms with Crippen molar-refractivity contribution in [1.29, 1.82) is 0 Å². The summed E-state index contributed by atoms with van der Waals surface area (Å²) >= 11 is 0. The predicted molar refractivity (Wildman–Crippen MR) is 95.3 cm³/mol. The van der Waals surface area contributed by atoms with Crippen LogP contribution in [0.2, 0.25) is 0 Å². The lowest BCUT2D eigenvalue weighted by Gasteiger charge is -2.30. The van der Waals surface area contributed by atoms with Crippen LogP contribution in [0.4, 0.5) is 0 Å². The van der Waals surface area contributed by atoms with Crippen molar-refractivity contribution in [3.63, 3.8) is 0 Å². The molecule has 2 saturated heterocycles. The van der Waals surface area contributed by atoms with Crippen LogP contribution in [0.5, 0.6) is 5.75 Å². The van der Waals surface area contributed by atoms with Gasteiger partial charge in [-0.05, 0) is 37.1 Å². The van der Waals surface area contributed by atoms with Gasteiger partial charge in [-0.25, -0.2) is 0 Å². The van der Waals surface area contributed by atoms with E-state index >= 15 is 0 Å². The Hall–Kier alpha value is -2.12. The number of hydrogen-bond acceptors (Lipinski definition) is 5. The van der Waals surface area contributed by atoms with Crippen molar-refractivity contribution in [2.24, 2.45) is 5.92 Å². The van der Waals surface area contributed by atoms with Gasteiger partial charge in [-0.1, -0.05) is 6.07 Å². The van der Waals surface area contributed by atoms with Crippen LogP contribution in [0.3, 0.4) is 0 Å². The van der Waals surface area contributed by atoms with Crippen molar-refractivity contribution in [3.8, 4) is 5.75 Å². The van der Waals surface area contributed by atoms with Crippen LogP contribution in [-0.4, -0.2) is 78.8 Å². The van der Waals surface area contributed by atoms with E-state index in [1.807, 2.05) is 36.9 Å². The molecule has 26 heavy (non-hydrogen) atoms. The highest BCUT2D eigenvalue weighted by atomic mass is 16.5. The third kappa shape index (κ3) is 4.53. The molecule has 0 aliphatic carbocycles. The third-order valence-electron chi connectivity index (χ3n) is 5.11. The van der Waals surface area contributed by atoms with Crippen molar-refractivity contribution in [3.05, 3.63) is 29.3 Å². The van der Waals surface area contributed by atoms with Gasteiger partial charge in [0.25, 0.3) is 5.91 Å². The molecule has 0 radical (unpaired) electrons. The molecule has 1 N–H and O–H groups in total. The lowest BCUT2D eigenvalue weighted by atomic mass is 10.1. The number of carbonyl (C=O) groups excluding carboxylic acids is 1. The summed E-state index contributed by atoms with van der Waals surface area (Å²) in [6.07, 6.45) is 0. The first-order valence-electron chi connectivity index (χ1n) is 8.94. The first-order chi connectivity index (χ1) is 12.4. The first-order valence-corrected chi connectivity index (χ1v) is 8.94.